The molecule has 0 aliphatic heterocycles. The number of hydrogen-bond acceptors (Lipinski definition) is 7. The van der Waals surface area contributed by atoms with Crippen molar-refractivity contribution in [1.82, 2.24) is 30.1 Å². The Morgan fingerprint density at radius 1 is 1.18 bits per heavy atom. The van der Waals surface area contributed by atoms with Crippen LogP contribution < -0.4 is 10.3 Å². The molecule has 9 nitrogen and oxygen atoms in total. The van der Waals surface area contributed by atoms with Crippen LogP contribution in [0, 0.1) is 5.92 Å². The molecule has 0 radical (unpaired) electrons. The van der Waals surface area contributed by atoms with E-state index in [-0.39, 0.29) is 17.5 Å². The Morgan fingerprint density at radius 3 is 2.68 bits per heavy atom. The Morgan fingerprint density at radius 2 is 1.97 bits per heavy atom. The number of fused-ring (bicyclic) bond motifs is 1. The summed E-state index contributed by atoms with van der Waals surface area (Å²) in [5, 5.41) is 13.6. The van der Waals surface area contributed by atoms with E-state index in [1.807, 2.05) is 28.9 Å². The van der Waals surface area contributed by atoms with Crippen LogP contribution >= 0.6 is 0 Å². The Bertz CT molecular complexity index is 1140. The topological polar surface area (TPSA) is 98.2 Å². The second-order valence-corrected chi connectivity index (χ2v) is 9.48. The number of tetrazole rings is 1. The van der Waals surface area contributed by atoms with Crippen LogP contribution in [0.5, 0.6) is 5.75 Å². The molecule has 1 aliphatic rings. The van der Waals surface area contributed by atoms with Crippen LogP contribution in [-0.2, 0) is 17.8 Å². The van der Waals surface area contributed by atoms with Gasteiger partial charge in [0.15, 0.2) is 5.82 Å². The summed E-state index contributed by atoms with van der Waals surface area (Å²) < 4.78 is 12.5. The van der Waals surface area contributed by atoms with Crippen LogP contribution in [0.25, 0.3) is 10.9 Å². The molecule has 34 heavy (non-hydrogen) atoms. The molecule has 0 bridgehead atoms. The molecule has 3 aromatic rings. The number of H-pyrrole nitrogens is 1. The number of aromatic amines is 1. The molecule has 1 aromatic carbocycles. The quantitative estimate of drug-likeness (QED) is 0.484. The van der Waals surface area contributed by atoms with Crippen molar-refractivity contribution >= 4 is 10.9 Å². The number of methoxy groups -OCH3 is 2. The molecular formula is C25H36N6O3. The number of nitrogens with one attached hydrogen (secondary N) is 1. The van der Waals surface area contributed by atoms with Gasteiger partial charge in [0.05, 0.1) is 26.3 Å². The van der Waals surface area contributed by atoms with Gasteiger partial charge >= 0.3 is 0 Å². The second-order valence-electron chi connectivity index (χ2n) is 9.48. The zero-order valence-electron chi connectivity index (χ0n) is 20.7. The number of benzene rings is 1. The monoisotopic (exact) mass is 468 g/mol. The van der Waals surface area contributed by atoms with Crippen LogP contribution in [-0.4, -0.2) is 57.0 Å². The van der Waals surface area contributed by atoms with Gasteiger partial charge < -0.3 is 14.5 Å². The van der Waals surface area contributed by atoms with Crippen LogP contribution in [0.1, 0.15) is 63.4 Å². The van der Waals surface area contributed by atoms with Crippen LogP contribution in [0.4, 0.5) is 0 Å². The van der Waals surface area contributed by atoms with Gasteiger partial charge in [-0.3, -0.25) is 9.69 Å². The van der Waals surface area contributed by atoms with E-state index in [2.05, 4.69) is 39.3 Å². The number of ether oxygens (including phenoxy) is 2. The van der Waals surface area contributed by atoms with E-state index in [4.69, 9.17) is 9.47 Å². The van der Waals surface area contributed by atoms with E-state index in [0.29, 0.717) is 25.7 Å². The van der Waals surface area contributed by atoms with Gasteiger partial charge in [-0.05, 0) is 53.5 Å². The highest BCUT2D eigenvalue weighted by Crippen LogP contribution is 2.35. The van der Waals surface area contributed by atoms with E-state index in [9.17, 15) is 4.79 Å². The van der Waals surface area contributed by atoms with Gasteiger partial charge in [0.1, 0.15) is 5.75 Å². The third kappa shape index (κ3) is 5.31. The van der Waals surface area contributed by atoms with Gasteiger partial charge in [-0.1, -0.05) is 33.1 Å². The second kappa shape index (κ2) is 11.1. The fraction of sp³-hybridized carbons (Fsp3) is 0.600. The van der Waals surface area contributed by atoms with E-state index in [1.165, 1.54) is 19.3 Å². The summed E-state index contributed by atoms with van der Waals surface area (Å²) in [4.78, 5) is 18.6. The summed E-state index contributed by atoms with van der Waals surface area (Å²) >= 11 is 0. The number of pyridine rings is 1. The van der Waals surface area contributed by atoms with Gasteiger partial charge in [-0.15, -0.1) is 5.10 Å². The predicted molar refractivity (Wildman–Crippen MR) is 131 cm³/mol. The Kier molecular flexibility index (Phi) is 7.95. The lowest BCUT2D eigenvalue weighted by molar-refractivity contribution is 0.0597. The zero-order valence-corrected chi connectivity index (χ0v) is 20.7. The highest BCUT2D eigenvalue weighted by atomic mass is 16.5. The van der Waals surface area contributed by atoms with Crippen molar-refractivity contribution in [3.05, 3.63) is 46.0 Å². The number of hydrogen-bond donors (Lipinski definition) is 1. The maximum Gasteiger partial charge on any atom is 0.252 e. The van der Waals surface area contributed by atoms with E-state index in [1.54, 1.807) is 14.2 Å². The standard InChI is InChI=1S/C25H36N6O3/c1-17(2)23(24-27-28-29-31(24)12-13-33-3)30(20-8-6-5-7-9-20)16-19-14-18-15-21(34-4)10-11-22(18)26-25(19)32/h10-11,14-15,17,20,23H,5-9,12-13,16H2,1-4H3,(H,26,32)/t23-/m0/s1. The Hall–Kier alpha value is -2.78. The van der Waals surface area contributed by atoms with Crippen LogP contribution in [0.2, 0.25) is 0 Å². The zero-order chi connectivity index (χ0) is 24.1. The van der Waals surface area contributed by atoms with Gasteiger partial charge in [0.2, 0.25) is 0 Å². The first-order valence-corrected chi connectivity index (χ1v) is 12.2. The van der Waals surface area contributed by atoms with Gasteiger partial charge in [-0.2, -0.15) is 0 Å². The summed E-state index contributed by atoms with van der Waals surface area (Å²) in [5.74, 6) is 1.86. The van der Waals surface area contributed by atoms with Crippen molar-refractivity contribution in [3.63, 3.8) is 0 Å². The lowest BCUT2D eigenvalue weighted by Gasteiger charge is -2.41. The summed E-state index contributed by atoms with van der Waals surface area (Å²) in [7, 11) is 3.33. The molecular weight excluding hydrogens is 432 g/mol. The molecule has 0 spiro atoms. The Labute approximate surface area is 200 Å². The molecule has 184 valence electrons. The molecule has 1 aliphatic carbocycles. The maximum absolute atomic E-state index is 13.1. The minimum absolute atomic E-state index is 0.0182. The molecule has 1 saturated carbocycles. The normalized spacial score (nSPS) is 15.9. The first kappa shape index (κ1) is 24.3. The third-order valence-corrected chi connectivity index (χ3v) is 6.85. The molecule has 2 heterocycles. The maximum atomic E-state index is 13.1. The van der Waals surface area contributed by atoms with Crippen LogP contribution in [0.3, 0.4) is 0 Å². The Balaban J connectivity index is 1.74. The fourth-order valence-corrected chi connectivity index (χ4v) is 5.13. The predicted octanol–water partition coefficient (Wildman–Crippen LogP) is 3.70. The SMILES string of the molecule is COCCn1nnnc1[C@H](C(C)C)N(Cc1cc2cc(OC)ccc2[nH]c1=O)C1CCCCC1. The molecule has 0 unspecified atom stereocenters. The molecule has 9 heteroatoms. The smallest absolute Gasteiger partial charge is 0.252 e. The molecule has 4 rings (SSSR count). The van der Waals surface area contributed by atoms with Gasteiger partial charge in [0.25, 0.3) is 5.56 Å². The third-order valence-electron chi connectivity index (χ3n) is 6.85. The van der Waals surface area contributed by atoms with Crippen LogP contribution in [0.15, 0.2) is 29.1 Å². The lowest BCUT2D eigenvalue weighted by Crippen LogP contribution is -2.43. The fourth-order valence-electron chi connectivity index (χ4n) is 5.13. The molecule has 0 saturated heterocycles. The number of aromatic nitrogens is 5. The van der Waals surface area contributed by atoms with Crippen molar-refractivity contribution in [2.75, 3.05) is 20.8 Å². The summed E-state index contributed by atoms with van der Waals surface area (Å²) in [6.07, 6.45) is 5.89. The van der Waals surface area contributed by atoms with E-state index >= 15 is 0 Å². The van der Waals surface area contributed by atoms with Gasteiger partial charge in [-0.25, -0.2) is 4.68 Å². The van der Waals surface area contributed by atoms with Crippen molar-refractivity contribution < 1.29 is 9.47 Å². The summed E-state index contributed by atoms with van der Waals surface area (Å²) in [6.45, 7) is 6.07. The minimum Gasteiger partial charge on any atom is -0.497 e. The first-order valence-electron chi connectivity index (χ1n) is 12.2. The highest BCUT2D eigenvalue weighted by Gasteiger charge is 2.34. The van der Waals surface area contributed by atoms with Gasteiger partial charge in [0, 0.05) is 36.2 Å². The average Bonchev–Trinajstić information content (AvgIpc) is 3.30. The average molecular weight is 469 g/mol. The largest absolute Gasteiger partial charge is 0.497 e. The minimum atomic E-state index is -0.0556. The van der Waals surface area contributed by atoms with Crippen molar-refractivity contribution in [2.24, 2.45) is 5.92 Å². The lowest BCUT2D eigenvalue weighted by atomic mass is 9.90. The van der Waals surface area contributed by atoms with E-state index in [0.717, 1.165) is 40.9 Å². The molecule has 1 atom stereocenters. The first-order chi connectivity index (χ1) is 16.5. The summed E-state index contributed by atoms with van der Waals surface area (Å²) in [5.41, 5.74) is 1.50. The molecule has 1 fully saturated rings. The molecule has 1 N–H and O–H groups in total. The van der Waals surface area contributed by atoms with E-state index < -0.39 is 0 Å². The molecule has 0 amide bonds. The van der Waals surface area contributed by atoms with Crippen molar-refractivity contribution in [3.8, 4) is 5.75 Å². The summed E-state index contributed by atoms with van der Waals surface area (Å²) in [6, 6.07) is 8.06. The number of nitrogens with zero attached hydrogens (tertiary/aromatic N) is 5. The molecule has 2 aromatic heterocycles. The van der Waals surface area contributed by atoms with Crippen molar-refractivity contribution in [1.29, 1.82) is 0 Å². The number of rotatable bonds is 10. The highest BCUT2D eigenvalue weighted by molar-refractivity contribution is 5.80. The van der Waals surface area contributed by atoms with Crippen molar-refractivity contribution in [2.45, 2.75) is 71.1 Å².